The minimum absolute atomic E-state index is 0.472. The number of ether oxygens (including phenoxy) is 1. The Labute approximate surface area is 145 Å². The number of carbonyl (C=O) groups is 2. The summed E-state index contributed by atoms with van der Waals surface area (Å²) in [6.07, 6.45) is 4.43. The van der Waals surface area contributed by atoms with Crippen LogP contribution in [0.5, 0.6) is 0 Å². The lowest BCUT2D eigenvalue weighted by Gasteiger charge is -2.39. The third-order valence-electron chi connectivity index (χ3n) is 4.96. The number of likely N-dealkylation sites (N-methyl/N-ethyl adjacent to an activating group) is 1. The van der Waals surface area contributed by atoms with E-state index in [-0.39, 0.29) is 0 Å². The van der Waals surface area contributed by atoms with Crippen LogP contribution in [0.2, 0.25) is 0 Å². The molecule has 0 radical (unpaired) electrons. The molecule has 0 bridgehead atoms. The molecule has 0 aromatic heterocycles. The number of nitrogens with one attached hydrogen (secondary N) is 2. The predicted octanol–water partition coefficient (Wildman–Crippen LogP) is -0.329. The molecule has 2 rings (SSSR count). The van der Waals surface area contributed by atoms with Gasteiger partial charge in [0.25, 0.3) is 0 Å². The number of carbonyl (C=O) groups excluding carboxylic acids is 2. The molecule has 2 amide bonds. The van der Waals surface area contributed by atoms with E-state index in [1.54, 1.807) is 0 Å². The van der Waals surface area contributed by atoms with Crippen LogP contribution in [0.1, 0.15) is 25.7 Å². The molecule has 0 aromatic carbocycles. The highest BCUT2D eigenvalue weighted by Crippen LogP contribution is 2.22. The number of piperidine rings is 1. The van der Waals surface area contributed by atoms with Crippen LogP contribution >= 0.6 is 0 Å². The third-order valence-corrected chi connectivity index (χ3v) is 4.96. The standard InChI is InChI=1S/C17H32N4O3/c1-20(2)10-7-18-16(22)17(23)19-13-14-3-8-21(9-4-14)15-5-11-24-12-6-15/h14-15H,3-13H2,1-2H3,(H,18,22)(H,19,23). The number of hydrogen-bond donors (Lipinski definition) is 2. The molecule has 138 valence electrons. The van der Waals surface area contributed by atoms with Gasteiger partial charge in [-0.25, -0.2) is 0 Å². The molecule has 2 saturated heterocycles. The van der Waals surface area contributed by atoms with Gasteiger partial charge in [-0.05, 0) is 58.8 Å². The molecule has 2 aliphatic heterocycles. The van der Waals surface area contributed by atoms with Crippen molar-refractivity contribution in [2.45, 2.75) is 31.7 Å². The normalized spacial score (nSPS) is 21.0. The summed E-state index contributed by atoms with van der Waals surface area (Å²) >= 11 is 0. The summed E-state index contributed by atoms with van der Waals surface area (Å²) in [5.41, 5.74) is 0. The molecule has 2 aliphatic rings. The lowest BCUT2D eigenvalue weighted by molar-refractivity contribution is -0.139. The maximum absolute atomic E-state index is 11.8. The zero-order valence-electron chi connectivity index (χ0n) is 15.1. The third kappa shape index (κ3) is 6.37. The van der Waals surface area contributed by atoms with Crippen LogP contribution < -0.4 is 10.6 Å². The Morgan fingerprint density at radius 1 is 1.04 bits per heavy atom. The van der Waals surface area contributed by atoms with E-state index < -0.39 is 11.8 Å². The highest BCUT2D eigenvalue weighted by atomic mass is 16.5. The molecule has 0 unspecified atom stereocenters. The number of amides is 2. The summed E-state index contributed by atoms with van der Waals surface area (Å²) in [6.45, 7) is 5.74. The van der Waals surface area contributed by atoms with Crippen LogP contribution in [0.4, 0.5) is 0 Å². The van der Waals surface area contributed by atoms with E-state index >= 15 is 0 Å². The van der Waals surface area contributed by atoms with Crippen molar-refractivity contribution in [1.29, 1.82) is 0 Å². The first-order valence-electron chi connectivity index (χ1n) is 9.09. The second-order valence-corrected chi connectivity index (χ2v) is 7.09. The molecular formula is C17H32N4O3. The van der Waals surface area contributed by atoms with E-state index in [0.29, 0.717) is 25.0 Å². The molecule has 0 atom stereocenters. The van der Waals surface area contributed by atoms with Gasteiger partial charge in [0.15, 0.2) is 0 Å². The van der Waals surface area contributed by atoms with E-state index in [0.717, 1.165) is 58.5 Å². The van der Waals surface area contributed by atoms with Crippen LogP contribution in [0.3, 0.4) is 0 Å². The number of hydrogen-bond acceptors (Lipinski definition) is 5. The Balaban J connectivity index is 1.59. The van der Waals surface area contributed by atoms with Crippen molar-refractivity contribution in [2.75, 3.05) is 60.0 Å². The van der Waals surface area contributed by atoms with Gasteiger partial charge >= 0.3 is 11.8 Å². The van der Waals surface area contributed by atoms with Gasteiger partial charge in [0, 0.05) is 38.9 Å². The van der Waals surface area contributed by atoms with Gasteiger partial charge in [-0.1, -0.05) is 0 Å². The van der Waals surface area contributed by atoms with Gasteiger partial charge < -0.3 is 25.2 Å². The molecule has 0 aromatic rings. The second-order valence-electron chi connectivity index (χ2n) is 7.09. The monoisotopic (exact) mass is 340 g/mol. The first-order chi connectivity index (χ1) is 11.6. The lowest BCUT2D eigenvalue weighted by Crippen LogP contribution is -2.47. The highest BCUT2D eigenvalue weighted by molar-refractivity contribution is 6.35. The van der Waals surface area contributed by atoms with Crippen LogP contribution in [0, 0.1) is 5.92 Å². The number of nitrogens with zero attached hydrogens (tertiary/aromatic N) is 2. The molecule has 0 saturated carbocycles. The quantitative estimate of drug-likeness (QED) is 0.648. The predicted molar refractivity (Wildman–Crippen MR) is 92.7 cm³/mol. The summed E-state index contributed by atoms with van der Waals surface area (Å²) in [6, 6.07) is 0.664. The maximum Gasteiger partial charge on any atom is 0.309 e. The summed E-state index contributed by atoms with van der Waals surface area (Å²) in [5, 5.41) is 5.42. The van der Waals surface area contributed by atoms with E-state index in [9.17, 15) is 9.59 Å². The van der Waals surface area contributed by atoms with Crippen molar-refractivity contribution in [3.8, 4) is 0 Å². The Morgan fingerprint density at radius 2 is 1.67 bits per heavy atom. The smallest absolute Gasteiger partial charge is 0.309 e. The topological polar surface area (TPSA) is 73.9 Å². The van der Waals surface area contributed by atoms with Crippen LogP contribution in [-0.2, 0) is 14.3 Å². The molecule has 2 N–H and O–H groups in total. The van der Waals surface area contributed by atoms with Crippen molar-refractivity contribution in [3.05, 3.63) is 0 Å². The first-order valence-corrected chi connectivity index (χ1v) is 9.09. The molecule has 0 spiro atoms. The maximum atomic E-state index is 11.8. The van der Waals surface area contributed by atoms with E-state index in [1.807, 2.05) is 19.0 Å². The SMILES string of the molecule is CN(C)CCNC(=O)C(=O)NCC1CCN(C2CCOCC2)CC1. The van der Waals surface area contributed by atoms with Gasteiger partial charge in [0.1, 0.15) is 0 Å². The van der Waals surface area contributed by atoms with Gasteiger partial charge in [0.05, 0.1) is 0 Å². The van der Waals surface area contributed by atoms with E-state index in [4.69, 9.17) is 4.74 Å². The van der Waals surface area contributed by atoms with Crippen molar-refractivity contribution >= 4 is 11.8 Å². The van der Waals surface area contributed by atoms with Crippen LogP contribution in [0.25, 0.3) is 0 Å². The van der Waals surface area contributed by atoms with Crippen molar-refractivity contribution in [2.24, 2.45) is 5.92 Å². The Bertz CT molecular complexity index is 403. The summed E-state index contributed by atoms with van der Waals surface area (Å²) in [7, 11) is 3.86. The summed E-state index contributed by atoms with van der Waals surface area (Å²) in [4.78, 5) is 28.0. The molecule has 0 aliphatic carbocycles. The minimum atomic E-state index is -0.531. The summed E-state index contributed by atoms with van der Waals surface area (Å²) in [5.74, 6) is -0.572. The molecule has 2 fully saturated rings. The zero-order chi connectivity index (χ0) is 17.4. The Hall–Kier alpha value is -1.18. The van der Waals surface area contributed by atoms with Crippen molar-refractivity contribution < 1.29 is 14.3 Å². The van der Waals surface area contributed by atoms with E-state index in [2.05, 4.69) is 15.5 Å². The fourth-order valence-electron chi connectivity index (χ4n) is 3.36. The Kier molecular flexibility index (Phi) is 7.94. The van der Waals surface area contributed by atoms with Gasteiger partial charge in [0.2, 0.25) is 0 Å². The van der Waals surface area contributed by atoms with Crippen LogP contribution in [-0.4, -0.2) is 87.7 Å². The molecule has 2 heterocycles. The number of likely N-dealkylation sites (tertiary alicyclic amines) is 1. The second kappa shape index (κ2) is 9.96. The number of rotatable bonds is 6. The molecular weight excluding hydrogens is 308 g/mol. The average molecular weight is 340 g/mol. The van der Waals surface area contributed by atoms with Gasteiger partial charge in [-0.15, -0.1) is 0 Å². The lowest BCUT2D eigenvalue weighted by atomic mass is 9.94. The minimum Gasteiger partial charge on any atom is -0.381 e. The van der Waals surface area contributed by atoms with Gasteiger partial charge in [-0.3, -0.25) is 9.59 Å². The van der Waals surface area contributed by atoms with Crippen molar-refractivity contribution in [1.82, 2.24) is 20.4 Å². The van der Waals surface area contributed by atoms with Gasteiger partial charge in [-0.2, -0.15) is 0 Å². The van der Waals surface area contributed by atoms with Crippen molar-refractivity contribution in [3.63, 3.8) is 0 Å². The highest BCUT2D eigenvalue weighted by Gasteiger charge is 2.26. The first kappa shape index (κ1) is 19.1. The fraction of sp³-hybridized carbons (Fsp3) is 0.882. The zero-order valence-corrected chi connectivity index (χ0v) is 15.1. The van der Waals surface area contributed by atoms with Crippen LogP contribution in [0.15, 0.2) is 0 Å². The van der Waals surface area contributed by atoms with E-state index in [1.165, 1.54) is 0 Å². The Morgan fingerprint density at radius 3 is 2.29 bits per heavy atom. The molecule has 7 nitrogen and oxygen atoms in total. The molecule has 24 heavy (non-hydrogen) atoms. The molecule has 7 heteroatoms. The fourth-order valence-corrected chi connectivity index (χ4v) is 3.36. The largest absolute Gasteiger partial charge is 0.381 e. The summed E-state index contributed by atoms with van der Waals surface area (Å²) < 4.78 is 5.43. The average Bonchev–Trinajstić information content (AvgIpc) is 2.60.